The predicted octanol–water partition coefficient (Wildman–Crippen LogP) is 4.27. The molecule has 0 radical (unpaired) electrons. The molecule has 1 unspecified atom stereocenters. The molecule has 0 spiro atoms. The van der Waals surface area contributed by atoms with Crippen LogP contribution in [0.3, 0.4) is 0 Å². The van der Waals surface area contributed by atoms with E-state index in [1.54, 1.807) is 29.7 Å². The molecule has 5 nitrogen and oxygen atoms in total. The highest BCUT2D eigenvalue weighted by atomic mass is 35.5. The molecule has 0 aliphatic carbocycles. The van der Waals surface area contributed by atoms with Crippen molar-refractivity contribution < 1.29 is 4.79 Å². The van der Waals surface area contributed by atoms with Crippen LogP contribution in [0.2, 0.25) is 5.15 Å². The number of urea groups is 1. The van der Waals surface area contributed by atoms with Crippen LogP contribution >= 0.6 is 22.9 Å². The molecule has 2 amide bonds. The maximum atomic E-state index is 11.9. The second-order valence-electron chi connectivity index (χ2n) is 5.10. The van der Waals surface area contributed by atoms with Crippen molar-refractivity contribution in [3.05, 3.63) is 52.8 Å². The number of thiazole rings is 1. The Kier molecular flexibility index (Phi) is 4.73. The Hall–Kier alpha value is -2.18. The van der Waals surface area contributed by atoms with Crippen LogP contribution in [-0.4, -0.2) is 22.5 Å². The van der Waals surface area contributed by atoms with Gasteiger partial charge < -0.3 is 10.6 Å². The van der Waals surface area contributed by atoms with Crippen LogP contribution in [0.25, 0.3) is 10.2 Å². The number of amides is 2. The number of hydrogen-bond donors (Lipinski definition) is 2. The minimum atomic E-state index is -0.312. The Labute approximate surface area is 142 Å². The lowest BCUT2D eigenvalue weighted by molar-refractivity contribution is 0.251. The van der Waals surface area contributed by atoms with Crippen molar-refractivity contribution in [2.45, 2.75) is 12.8 Å². The SMILES string of the molecule is CC(CNC(=O)Nc1cccnc1Cl)c1nc2ccccc2s1. The van der Waals surface area contributed by atoms with Gasteiger partial charge in [0.2, 0.25) is 0 Å². The summed E-state index contributed by atoms with van der Waals surface area (Å²) in [6.07, 6.45) is 1.57. The predicted molar refractivity (Wildman–Crippen MR) is 94.3 cm³/mol. The number of fused-ring (bicyclic) bond motifs is 1. The van der Waals surface area contributed by atoms with Gasteiger partial charge in [0.05, 0.1) is 20.9 Å². The van der Waals surface area contributed by atoms with Crippen molar-refractivity contribution in [1.29, 1.82) is 0 Å². The highest BCUT2D eigenvalue weighted by Gasteiger charge is 2.13. The number of nitrogens with one attached hydrogen (secondary N) is 2. The van der Waals surface area contributed by atoms with E-state index >= 15 is 0 Å². The third kappa shape index (κ3) is 3.78. The standard InChI is InChI=1S/C16H15ClN4OS/c1-10(15-20-11-5-2-3-7-13(11)23-15)9-19-16(22)21-12-6-4-8-18-14(12)17/h2-8,10H,9H2,1H3,(H2,19,21,22). The molecule has 1 aromatic carbocycles. The molecule has 0 bridgehead atoms. The van der Waals surface area contributed by atoms with E-state index in [0.29, 0.717) is 12.2 Å². The number of hydrogen-bond acceptors (Lipinski definition) is 4. The van der Waals surface area contributed by atoms with E-state index in [2.05, 4.69) is 20.6 Å². The summed E-state index contributed by atoms with van der Waals surface area (Å²) in [6, 6.07) is 11.1. The Balaban J connectivity index is 1.59. The monoisotopic (exact) mass is 346 g/mol. The van der Waals surface area contributed by atoms with Gasteiger partial charge >= 0.3 is 6.03 Å². The maximum Gasteiger partial charge on any atom is 0.319 e. The lowest BCUT2D eigenvalue weighted by atomic mass is 10.2. The molecule has 0 aliphatic heterocycles. The van der Waals surface area contributed by atoms with Gasteiger partial charge in [-0.25, -0.2) is 14.8 Å². The van der Waals surface area contributed by atoms with Crippen LogP contribution in [0.5, 0.6) is 0 Å². The van der Waals surface area contributed by atoms with E-state index in [1.165, 1.54) is 0 Å². The molecule has 0 saturated carbocycles. The Bertz CT molecular complexity index is 803. The van der Waals surface area contributed by atoms with Gasteiger partial charge in [-0.3, -0.25) is 0 Å². The number of pyridine rings is 1. The van der Waals surface area contributed by atoms with E-state index < -0.39 is 0 Å². The van der Waals surface area contributed by atoms with Gasteiger partial charge in [0.25, 0.3) is 0 Å². The number of anilines is 1. The van der Waals surface area contributed by atoms with Gasteiger partial charge in [-0.2, -0.15) is 0 Å². The summed E-state index contributed by atoms with van der Waals surface area (Å²) in [5.74, 6) is 0.127. The first-order valence-corrected chi connectivity index (χ1v) is 8.34. The summed E-state index contributed by atoms with van der Waals surface area (Å²) in [5.41, 5.74) is 1.48. The summed E-state index contributed by atoms with van der Waals surface area (Å²) in [5, 5.41) is 6.78. The second-order valence-corrected chi connectivity index (χ2v) is 6.52. The van der Waals surface area contributed by atoms with Crippen molar-refractivity contribution in [3.8, 4) is 0 Å². The van der Waals surface area contributed by atoms with Crippen molar-refractivity contribution in [3.63, 3.8) is 0 Å². The summed E-state index contributed by atoms with van der Waals surface area (Å²) in [7, 11) is 0. The molecule has 2 N–H and O–H groups in total. The molecule has 3 rings (SSSR count). The number of carbonyl (C=O) groups excluding carboxylic acids is 1. The van der Waals surface area contributed by atoms with E-state index in [-0.39, 0.29) is 17.1 Å². The van der Waals surface area contributed by atoms with Gasteiger partial charge in [-0.05, 0) is 24.3 Å². The van der Waals surface area contributed by atoms with E-state index in [4.69, 9.17) is 11.6 Å². The molecular weight excluding hydrogens is 332 g/mol. The number of para-hydroxylation sites is 1. The zero-order chi connectivity index (χ0) is 16.2. The van der Waals surface area contributed by atoms with Crippen molar-refractivity contribution in [2.75, 3.05) is 11.9 Å². The summed E-state index contributed by atoms with van der Waals surface area (Å²) >= 11 is 7.56. The normalized spacial score (nSPS) is 12.1. The van der Waals surface area contributed by atoms with Crippen molar-refractivity contribution in [1.82, 2.24) is 15.3 Å². The third-order valence-corrected chi connectivity index (χ3v) is 4.88. The molecule has 3 aromatic rings. The maximum absolute atomic E-state index is 11.9. The summed E-state index contributed by atoms with van der Waals surface area (Å²) < 4.78 is 1.15. The first-order valence-electron chi connectivity index (χ1n) is 7.14. The van der Waals surface area contributed by atoms with Gasteiger partial charge in [0, 0.05) is 18.7 Å². The molecule has 0 saturated heterocycles. The Morgan fingerprint density at radius 3 is 2.91 bits per heavy atom. The Morgan fingerprint density at radius 2 is 2.13 bits per heavy atom. The molecule has 118 valence electrons. The molecule has 0 fully saturated rings. The van der Waals surface area contributed by atoms with E-state index in [9.17, 15) is 4.79 Å². The van der Waals surface area contributed by atoms with Gasteiger partial charge in [0.15, 0.2) is 5.15 Å². The third-order valence-electron chi connectivity index (χ3n) is 3.31. The van der Waals surface area contributed by atoms with Crippen LogP contribution in [0.15, 0.2) is 42.6 Å². The number of rotatable bonds is 4. The smallest absolute Gasteiger partial charge is 0.319 e. The minimum Gasteiger partial charge on any atom is -0.337 e. The minimum absolute atomic E-state index is 0.127. The van der Waals surface area contributed by atoms with Crippen LogP contribution in [0, 0.1) is 0 Å². The van der Waals surface area contributed by atoms with Gasteiger partial charge in [-0.1, -0.05) is 30.7 Å². The van der Waals surface area contributed by atoms with Crippen molar-refractivity contribution in [2.24, 2.45) is 0 Å². The second kappa shape index (κ2) is 6.93. The number of benzene rings is 1. The first-order chi connectivity index (χ1) is 11.1. The topological polar surface area (TPSA) is 66.9 Å². The van der Waals surface area contributed by atoms with Crippen LogP contribution in [-0.2, 0) is 0 Å². The van der Waals surface area contributed by atoms with Crippen LogP contribution < -0.4 is 10.6 Å². The highest BCUT2D eigenvalue weighted by Crippen LogP contribution is 2.26. The average molecular weight is 347 g/mol. The Morgan fingerprint density at radius 1 is 1.30 bits per heavy atom. The van der Waals surface area contributed by atoms with Gasteiger partial charge in [-0.15, -0.1) is 11.3 Å². The lowest BCUT2D eigenvalue weighted by Crippen LogP contribution is -2.31. The molecule has 0 aliphatic rings. The number of aromatic nitrogens is 2. The summed E-state index contributed by atoms with van der Waals surface area (Å²) in [6.45, 7) is 2.53. The number of nitrogens with zero attached hydrogens (tertiary/aromatic N) is 2. The first kappa shape index (κ1) is 15.7. The highest BCUT2D eigenvalue weighted by molar-refractivity contribution is 7.18. The molecule has 2 heterocycles. The van der Waals surface area contributed by atoms with E-state index in [0.717, 1.165) is 15.2 Å². The van der Waals surface area contributed by atoms with Crippen molar-refractivity contribution >= 4 is 44.9 Å². The fraction of sp³-hybridized carbons (Fsp3) is 0.188. The molecule has 2 aromatic heterocycles. The van der Waals surface area contributed by atoms with Gasteiger partial charge in [0.1, 0.15) is 0 Å². The molecule has 23 heavy (non-hydrogen) atoms. The number of halogens is 1. The van der Waals surface area contributed by atoms with Crippen LogP contribution in [0.4, 0.5) is 10.5 Å². The zero-order valence-electron chi connectivity index (χ0n) is 12.4. The quantitative estimate of drug-likeness (QED) is 0.693. The largest absolute Gasteiger partial charge is 0.337 e. The molecule has 1 atom stereocenters. The summed E-state index contributed by atoms with van der Waals surface area (Å²) in [4.78, 5) is 20.5. The lowest BCUT2D eigenvalue weighted by Gasteiger charge is -2.11. The van der Waals surface area contributed by atoms with Crippen LogP contribution in [0.1, 0.15) is 17.8 Å². The fourth-order valence-corrected chi connectivity index (χ4v) is 3.26. The zero-order valence-corrected chi connectivity index (χ0v) is 14.0. The average Bonchev–Trinajstić information content (AvgIpc) is 2.99. The molecule has 7 heteroatoms. The molecular formula is C16H15ClN4OS. The van der Waals surface area contributed by atoms with E-state index in [1.807, 2.05) is 31.2 Å². The number of carbonyl (C=O) groups is 1. The fourth-order valence-electron chi connectivity index (χ4n) is 2.08.